The number of guanidine groups is 1. The zero-order valence-corrected chi connectivity index (χ0v) is 20.2. The van der Waals surface area contributed by atoms with Gasteiger partial charge in [-0.15, -0.1) is 24.0 Å². The van der Waals surface area contributed by atoms with Gasteiger partial charge in [-0.05, 0) is 51.4 Å². The quantitative estimate of drug-likeness (QED) is 0.201. The minimum atomic E-state index is -0.0301. The number of carbonyl (C=O) groups is 1. The summed E-state index contributed by atoms with van der Waals surface area (Å²) in [7, 11) is 3.47. The van der Waals surface area contributed by atoms with Crippen molar-refractivity contribution in [1.29, 1.82) is 0 Å². The van der Waals surface area contributed by atoms with E-state index in [1.54, 1.807) is 25.3 Å². The molecule has 1 unspecified atom stereocenters. The van der Waals surface area contributed by atoms with Crippen LogP contribution < -0.4 is 10.6 Å². The Balaban J connectivity index is 0.00000420. The van der Waals surface area contributed by atoms with Gasteiger partial charge in [0, 0.05) is 40.4 Å². The summed E-state index contributed by atoms with van der Waals surface area (Å²) in [5.74, 6) is 1.56. The number of likely N-dealkylation sites (tertiary alicyclic amines) is 1. The zero-order chi connectivity index (χ0) is 20.2. The van der Waals surface area contributed by atoms with Crippen LogP contribution in [0.1, 0.15) is 38.0 Å². The van der Waals surface area contributed by atoms with E-state index in [0.717, 1.165) is 38.4 Å². The molecule has 1 aliphatic rings. The van der Waals surface area contributed by atoms with Gasteiger partial charge in [0.2, 0.25) is 5.91 Å². The van der Waals surface area contributed by atoms with Gasteiger partial charge in [0.25, 0.3) is 0 Å². The molecule has 2 rings (SSSR count). The van der Waals surface area contributed by atoms with Crippen molar-refractivity contribution in [3.63, 3.8) is 0 Å². The van der Waals surface area contributed by atoms with E-state index in [1.165, 1.54) is 12.8 Å². The summed E-state index contributed by atoms with van der Waals surface area (Å²) in [5, 5.41) is 6.70. The number of nitrogens with zero attached hydrogens (tertiary/aromatic N) is 3. The molecule has 0 bridgehead atoms. The van der Waals surface area contributed by atoms with Crippen LogP contribution in [0.5, 0.6) is 0 Å². The van der Waals surface area contributed by atoms with Crippen LogP contribution in [0, 0.1) is 0 Å². The molecule has 1 saturated heterocycles. The monoisotopic (exact) mass is 521 g/mol. The van der Waals surface area contributed by atoms with Crippen LogP contribution in [0.3, 0.4) is 0 Å². The first-order valence-corrected chi connectivity index (χ1v) is 10.2. The van der Waals surface area contributed by atoms with Gasteiger partial charge < -0.3 is 24.7 Å². The molecule has 0 aromatic carbocycles. The summed E-state index contributed by atoms with van der Waals surface area (Å²) in [6.07, 6.45) is 5.02. The second-order valence-electron chi connectivity index (χ2n) is 7.09. The van der Waals surface area contributed by atoms with Crippen molar-refractivity contribution in [3.05, 3.63) is 24.2 Å². The van der Waals surface area contributed by atoms with Gasteiger partial charge in [0.05, 0.1) is 12.3 Å². The Morgan fingerprint density at radius 2 is 2.10 bits per heavy atom. The maximum atomic E-state index is 11.9. The second kappa shape index (κ2) is 14.6. The molecule has 1 amide bonds. The molecule has 1 aliphatic heterocycles. The predicted octanol–water partition coefficient (Wildman–Crippen LogP) is 2.08. The van der Waals surface area contributed by atoms with E-state index < -0.39 is 0 Å². The summed E-state index contributed by atoms with van der Waals surface area (Å²) in [6.45, 7) is 7.07. The number of nitrogens with one attached hydrogen (secondary N) is 2. The predicted molar refractivity (Wildman–Crippen MR) is 126 cm³/mol. The van der Waals surface area contributed by atoms with Crippen molar-refractivity contribution in [2.24, 2.45) is 4.99 Å². The molecule has 0 saturated carbocycles. The molecule has 1 aromatic rings. The van der Waals surface area contributed by atoms with Crippen molar-refractivity contribution in [3.8, 4) is 0 Å². The fraction of sp³-hybridized carbons (Fsp3) is 0.700. The van der Waals surface area contributed by atoms with Crippen LogP contribution >= 0.6 is 24.0 Å². The normalized spacial score (nSPS) is 15.6. The Hall–Kier alpha value is -1.33. The second-order valence-corrected chi connectivity index (χ2v) is 7.09. The molecule has 2 heterocycles. The van der Waals surface area contributed by atoms with E-state index >= 15 is 0 Å². The van der Waals surface area contributed by atoms with E-state index in [9.17, 15) is 4.79 Å². The molecule has 9 heteroatoms. The third-order valence-corrected chi connectivity index (χ3v) is 4.75. The van der Waals surface area contributed by atoms with Crippen LogP contribution in [0.2, 0.25) is 0 Å². The fourth-order valence-electron chi connectivity index (χ4n) is 3.12. The summed E-state index contributed by atoms with van der Waals surface area (Å²) in [5.41, 5.74) is 0. The number of rotatable bonds is 11. The summed E-state index contributed by atoms with van der Waals surface area (Å²) >= 11 is 0. The number of aliphatic imine (C=N–C) groups is 1. The number of likely N-dealkylation sites (N-methyl/N-ethyl adjacent to an activating group) is 1. The smallest absolute Gasteiger partial charge is 0.243 e. The number of ether oxygens (including phenoxy) is 1. The molecule has 1 fully saturated rings. The molecule has 0 radical (unpaired) electrons. The van der Waals surface area contributed by atoms with Gasteiger partial charge in [-0.3, -0.25) is 9.69 Å². The molecule has 29 heavy (non-hydrogen) atoms. The van der Waals surface area contributed by atoms with E-state index in [1.807, 2.05) is 19.1 Å². The topological polar surface area (TPSA) is 82.3 Å². The standard InChI is InChI=1S/C20H35N5O3.HI/c1-4-27-13-8-10-21-20(23-16-19(26)24(2)3)22-15-17(18-9-7-14-28-18)25-11-5-6-12-25;/h7,9,14,17H,4-6,8,10-13,15-16H2,1-3H3,(H2,21,22,23);1H. The van der Waals surface area contributed by atoms with Crippen LogP contribution in [0.4, 0.5) is 0 Å². The van der Waals surface area contributed by atoms with Crippen LogP contribution in [-0.2, 0) is 9.53 Å². The highest BCUT2D eigenvalue weighted by molar-refractivity contribution is 14.0. The molecule has 0 spiro atoms. The Kier molecular flexibility index (Phi) is 13.0. The lowest BCUT2D eigenvalue weighted by Gasteiger charge is -2.26. The van der Waals surface area contributed by atoms with Crippen molar-refractivity contribution >= 4 is 35.8 Å². The third kappa shape index (κ3) is 9.35. The van der Waals surface area contributed by atoms with Crippen LogP contribution in [-0.4, -0.2) is 81.7 Å². The Labute approximate surface area is 191 Å². The Morgan fingerprint density at radius 1 is 1.34 bits per heavy atom. The van der Waals surface area contributed by atoms with E-state index in [0.29, 0.717) is 19.1 Å². The largest absolute Gasteiger partial charge is 0.468 e. The molecular weight excluding hydrogens is 485 g/mol. The Bertz CT molecular complexity index is 589. The average Bonchev–Trinajstić information content (AvgIpc) is 3.39. The average molecular weight is 521 g/mol. The SMILES string of the molecule is CCOCCCNC(=NCC(=O)N(C)C)NCC(c1ccco1)N1CCCC1.I. The zero-order valence-electron chi connectivity index (χ0n) is 17.9. The highest BCUT2D eigenvalue weighted by atomic mass is 127. The fourth-order valence-corrected chi connectivity index (χ4v) is 3.12. The highest BCUT2D eigenvalue weighted by Crippen LogP contribution is 2.24. The molecule has 1 aromatic heterocycles. The van der Waals surface area contributed by atoms with Gasteiger partial charge in [-0.25, -0.2) is 4.99 Å². The molecule has 166 valence electrons. The number of halogens is 1. The number of carbonyl (C=O) groups excluding carboxylic acids is 1. The van der Waals surface area contributed by atoms with Crippen LogP contribution in [0.15, 0.2) is 27.8 Å². The number of amides is 1. The van der Waals surface area contributed by atoms with Crippen molar-refractivity contribution in [1.82, 2.24) is 20.4 Å². The Morgan fingerprint density at radius 3 is 2.72 bits per heavy atom. The van der Waals surface area contributed by atoms with Gasteiger partial charge in [-0.1, -0.05) is 0 Å². The first-order valence-electron chi connectivity index (χ1n) is 10.2. The summed E-state index contributed by atoms with van der Waals surface area (Å²) in [6, 6.07) is 4.10. The first-order chi connectivity index (χ1) is 13.6. The van der Waals surface area contributed by atoms with Crippen molar-refractivity contribution in [2.45, 2.75) is 32.2 Å². The highest BCUT2D eigenvalue weighted by Gasteiger charge is 2.25. The summed E-state index contributed by atoms with van der Waals surface area (Å²) in [4.78, 5) is 20.4. The molecule has 8 nitrogen and oxygen atoms in total. The molecular formula is C20H36IN5O3. The van der Waals surface area contributed by atoms with E-state index in [-0.39, 0.29) is 42.5 Å². The third-order valence-electron chi connectivity index (χ3n) is 4.75. The maximum Gasteiger partial charge on any atom is 0.243 e. The lowest BCUT2D eigenvalue weighted by molar-refractivity contribution is -0.127. The van der Waals surface area contributed by atoms with Gasteiger partial charge >= 0.3 is 0 Å². The first kappa shape index (κ1) is 25.7. The lowest BCUT2D eigenvalue weighted by atomic mass is 10.2. The van der Waals surface area contributed by atoms with Gasteiger partial charge in [0.1, 0.15) is 12.3 Å². The number of hydrogen-bond donors (Lipinski definition) is 2. The van der Waals surface area contributed by atoms with Crippen LogP contribution in [0.25, 0.3) is 0 Å². The van der Waals surface area contributed by atoms with Gasteiger partial charge in [0.15, 0.2) is 5.96 Å². The molecule has 0 aliphatic carbocycles. The minimum Gasteiger partial charge on any atom is -0.468 e. The van der Waals surface area contributed by atoms with E-state index in [4.69, 9.17) is 9.15 Å². The maximum absolute atomic E-state index is 11.9. The number of furan rings is 1. The molecule has 1 atom stereocenters. The number of hydrogen-bond acceptors (Lipinski definition) is 5. The minimum absolute atomic E-state index is 0. The van der Waals surface area contributed by atoms with E-state index in [2.05, 4.69) is 20.5 Å². The van der Waals surface area contributed by atoms with Crippen molar-refractivity contribution < 1.29 is 13.9 Å². The van der Waals surface area contributed by atoms with Gasteiger partial charge in [-0.2, -0.15) is 0 Å². The van der Waals surface area contributed by atoms with Crippen molar-refractivity contribution in [2.75, 3.05) is 60.0 Å². The lowest BCUT2D eigenvalue weighted by Crippen LogP contribution is -2.43. The summed E-state index contributed by atoms with van der Waals surface area (Å²) < 4.78 is 11.1. The molecule has 2 N–H and O–H groups in total.